The smallest absolute Gasteiger partial charge is 0.212 e. The fourth-order valence-corrected chi connectivity index (χ4v) is 2.55. The quantitative estimate of drug-likeness (QED) is 0.742. The molecule has 0 fully saturated rings. The van der Waals surface area contributed by atoms with Gasteiger partial charge in [-0.15, -0.1) is 0 Å². The molecule has 108 valence electrons. The Labute approximate surface area is 130 Å². The first-order chi connectivity index (χ1) is 10.1. The molecule has 3 aromatic rings. The lowest BCUT2D eigenvalue weighted by molar-refractivity contribution is 0.397. The van der Waals surface area contributed by atoms with Crippen LogP contribution in [0.15, 0.2) is 30.5 Å². The van der Waals surface area contributed by atoms with Gasteiger partial charge in [-0.1, -0.05) is 17.7 Å². The van der Waals surface area contributed by atoms with Crippen LogP contribution in [-0.2, 0) is 6.54 Å². The first-order valence-corrected chi connectivity index (χ1v) is 6.93. The molecular formula is C14H11ClFN3OS. The Morgan fingerprint density at radius 2 is 2.24 bits per heavy atom. The summed E-state index contributed by atoms with van der Waals surface area (Å²) in [5.41, 5.74) is 2.30. The lowest BCUT2D eigenvalue weighted by atomic mass is 10.2. The van der Waals surface area contributed by atoms with Crippen molar-refractivity contribution in [3.8, 4) is 5.88 Å². The van der Waals surface area contributed by atoms with E-state index in [1.165, 1.54) is 12.1 Å². The van der Waals surface area contributed by atoms with Gasteiger partial charge >= 0.3 is 0 Å². The summed E-state index contributed by atoms with van der Waals surface area (Å²) in [4.78, 5) is 7.16. The number of nitrogens with zero attached hydrogens (tertiary/aromatic N) is 2. The number of benzene rings is 1. The molecule has 0 spiro atoms. The van der Waals surface area contributed by atoms with Crippen LogP contribution in [0, 0.1) is 10.6 Å². The third-order valence-corrected chi connectivity index (χ3v) is 3.78. The van der Waals surface area contributed by atoms with Gasteiger partial charge < -0.3 is 14.3 Å². The summed E-state index contributed by atoms with van der Waals surface area (Å²) in [6, 6.07) is 6.57. The standard InChI is InChI=1S/C14H11ClFN3OS/c1-20-13-3-2-8(6-17-13)7-19-12-5-10(16)9(15)4-11(12)18-14(19)21/h2-6H,7H2,1H3,(H,18,21). The number of ether oxygens (including phenoxy) is 1. The highest BCUT2D eigenvalue weighted by Crippen LogP contribution is 2.23. The normalized spacial score (nSPS) is 11.0. The van der Waals surface area contributed by atoms with Gasteiger partial charge in [0.2, 0.25) is 5.88 Å². The second-order valence-electron chi connectivity index (χ2n) is 4.51. The summed E-state index contributed by atoms with van der Waals surface area (Å²) >= 11 is 11.1. The van der Waals surface area contributed by atoms with Crippen molar-refractivity contribution in [1.82, 2.24) is 14.5 Å². The number of nitrogens with one attached hydrogen (secondary N) is 1. The van der Waals surface area contributed by atoms with E-state index >= 15 is 0 Å². The molecule has 1 aromatic carbocycles. The molecule has 0 amide bonds. The van der Waals surface area contributed by atoms with Gasteiger partial charge in [0.15, 0.2) is 4.77 Å². The Bertz CT molecular complexity index is 857. The van der Waals surface area contributed by atoms with Crippen molar-refractivity contribution in [2.45, 2.75) is 6.54 Å². The van der Waals surface area contributed by atoms with Crippen molar-refractivity contribution in [2.75, 3.05) is 7.11 Å². The summed E-state index contributed by atoms with van der Waals surface area (Å²) in [6.45, 7) is 0.483. The summed E-state index contributed by atoms with van der Waals surface area (Å²) in [7, 11) is 1.56. The molecule has 2 heterocycles. The van der Waals surface area contributed by atoms with E-state index < -0.39 is 5.82 Å². The third kappa shape index (κ3) is 2.64. The van der Waals surface area contributed by atoms with Gasteiger partial charge in [0, 0.05) is 18.3 Å². The molecule has 0 atom stereocenters. The fraction of sp³-hybridized carbons (Fsp3) is 0.143. The fourth-order valence-electron chi connectivity index (χ4n) is 2.12. The number of pyridine rings is 1. The van der Waals surface area contributed by atoms with E-state index in [4.69, 9.17) is 28.6 Å². The minimum Gasteiger partial charge on any atom is -0.481 e. The molecule has 0 bridgehead atoms. The van der Waals surface area contributed by atoms with Crippen LogP contribution in [0.4, 0.5) is 4.39 Å². The zero-order valence-electron chi connectivity index (χ0n) is 11.1. The number of methoxy groups -OCH3 is 1. The molecular weight excluding hydrogens is 313 g/mol. The maximum Gasteiger partial charge on any atom is 0.212 e. The molecule has 0 unspecified atom stereocenters. The summed E-state index contributed by atoms with van der Waals surface area (Å²) in [5, 5.41) is 0.0667. The highest BCUT2D eigenvalue weighted by Gasteiger charge is 2.09. The average Bonchev–Trinajstić information content (AvgIpc) is 2.76. The van der Waals surface area contributed by atoms with Crippen LogP contribution in [-0.4, -0.2) is 21.6 Å². The number of rotatable bonds is 3. The van der Waals surface area contributed by atoms with E-state index in [2.05, 4.69) is 9.97 Å². The van der Waals surface area contributed by atoms with Crippen LogP contribution in [0.5, 0.6) is 5.88 Å². The minimum atomic E-state index is -0.472. The van der Waals surface area contributed by atoms with Crippen molar-refractivity contribution < 1.29 is 9.13 Å². The van der Waals surface area contributed by atoms with Crippen LogP contribution >= 0.6 is 23.8 Å². The van der Waals surface area contributed by atoms with Gasteiger partial charge in [-0.25, -0.2) is 9.37 Å². The largest absolute Gasteiger partial charge is 0.481 e. The van der Waals surface area contributed by atoms with E-state index in [9.17, 15) is 4.39 Å². The van der Waals surface area contributed by atoms with E-state index in [0.717, 1.165) is 5.56 Å². The van der Waals surface area contributed by atoms with Crippen molar-refractivity contribution in [2.24, 2.45) is 0 Å². The molecule has 4 nitrogen and oxygen atoms in total. The Balaban J connectivity index is 2.05. The van der Waals surface area contributed by atoms with Crippen LogP contribution in [0.2, 0.25) is 5.02 Å². The van der Waals surface area contributed by atoms with Gasteiger partial charge in [-0.2, -0.15) is 0 Å². The van der Waals surface area contributed by atoms with Gasteiger partial charge in [-0.05, 0) is 23.8 Å². The van der Waals surface area contributed by atoms with Crippen LogP contribution in [0.3, 0.4) is 0 Å². The molecule has 1 N–H and O–H groups in total. The zero-order chi connectivity index (χ0) is 15.0. The van der Waals surface area contributed by atoms with Gasteiger partial charge in [-0.3, -0.25) is 0 Å². The first-order valence-electron chi connectivity index (χ1n) is 6.15. The Kier molecular flexibility index (Phi) is 3.65. The molecule has 0 saturated heterocycles. The summed E-state index contributed by atoms with van der Waals surface area (Å²) in [6.07, 6.45) is 1.70. The molecule has 21 heavy (non-hydrogen) atoms. The molecule has 2 aromatic heterocycles. The minimum absolute atomic E-state index is 0.0667. The van der Waals surface area contributed by atoms with E-state index in [-0.39, 0.29) is 5.02 Å². The number of hydrogen-bond acceptors (Lipinski definition) is 3. The van der Waals surface area contributed by atoms with Crippen molar-refractivity contribution in [3.05, 3.63) is 51.6 Å². The van der Waals surface area contributed by atoms with Gasteiger partial charge in [0.05, 0.1) is 29.7 Å². The monoisotopic (exact) mass is 323 g/mol. The predicted molar refractivity (Wildman–Crippen MR) is 82.0 cm³/mol. The highest BCUT2D eigenvalue weighted by molar-refractivity contribution is 7.71. The van der Waals surface area contributed by atoms with Crippen LogP contribution in [0.25, 0.3) is 11.0 Å². The topological polar surface area (TPSA) is 42.8 Å². The predicted octanol–water partition coefficient (Wildman–Crippen LogP) is 3.94. The Hall–Kier alpha value is -1.92. The lowest BCUT2D eigenvalue weighted by Gasteiger charge is -2.06. The van der Waals surface area contributed by atoms with Crippen LogP contribution < -0.4 is 4.74 Å². The van der Waals surface area contributed by atoms with Crippen LogP contribution in [0.1, 0.15) is 5.56 Å². The zero-order valence-corrected chi connectivity index (χ0v) is 12.6. The average molecular weight is 324 g/mol. The lowest BCUT2D eigenvalue weighted by Crippen LogP contribution is -2.00. The number of aromatic nitrogens is 3. The first kappa shape index (κ1) is 14.0. The maximum atomic E-state index is 13.7. The molecule has 3 rings (SSSR count). The Morgan fingerprint density at radius 3 is 2.90 bits per heavy atom. The summed E-state index contributed by atoms with van der Waals surface area (Å²) < 4.78 is 21.0. The van der Waals surface area contributed by atoms with E-state index in [1.807, 2.05) is 6.07 Å². The second-order valence-corrected chi connectivity index (χ2v) is 5.30. The van der Waals surface area contributed by atoms with Crippen molar-refractivity contribution in [1.29, 1.82) is 0 Å². The number of H-pyrrole nitrogens is 1. The van der Waals surface area contributed by atoms with Gasteiger partial charge in [0.25, 0.3) is 0 Å². The number of hydrogen-bond donors (Lipinski definition) is 1. The van der Waals surface area contributed by atoms with Crippen molar-refractivity contribution in [3.63, 3.8) is 0 Å². The number of halogens is 2. The summed E-state index contributed by atoms with van der Waals surface area (Å²) in [5.74, 6) is 0.0684. The van der Waals surface area contributed by atoms with E-state index in [1.54, 1.807) is 23.9 Å². The molecule has 0 aliphatic carbocycles. The number of aromatic amines is 1. The molecule has 0 radical (unpaired) electrons. The third-order valence-electron chi connectivity index (χ3n) is 3.16. The molecule has 7 heteroatoms. The SMILES string of the molecule is COc1ccc(Cn2c(=S)[nH]c3cc(Cl)c(F)cc32)cn1. The van der Waals surface area contributed by atoms with E-state index in [0.29, 0.717) is 28.2 Å². The molecule has 0 aliphatic rings. The number of fused-ring (bicyclic) bond motifs is 1. The van der Waals surface area contributed by atoms with Gasteiger partial charge in [0.1, 0.15) is 5.82 Å². The second kappa shape index (κ2) is 5.46. The highest BCUT2D eigenvalue weighted by atomic mass is 35.5. The Morgan fingerprint density at radius 1 is 1.43 bits per heavy atom. The van der Waals surface area contributed by atoms with Crippen molar-refractivity contribution >= 4 is 34.9 Å². The maximum absolute atomic E-state index is 13.7. The molecule has 0 aliphatic heterocycles. The molecule has 0 saturated carbocycles. The number of imidazole rings is 1.